The summed E-state index contributed by atoms with van der Waals surface area (Å²) in [5, 5.41) is 14.0. The Morgan fingerprint density at radius 2 is 1.88 bits per heavy atom. The SMILES string of the molecule is CCOC(=O)c1c(CSc2ccc3ccccc3c2)n(C)c2cc(Br)c(O)c(CN(C)C)c12. The van der Waals surface area contributed by atoms with Gasteiger partial charge in [0.15, 0.2) is 0 Å². The van der Waals surface area contributed by atoms with Crippen molar-refractivity contribution in [1.82, 2.24) is 9.47 Å². The first-order valence-electron chi connectivity index (χ1n) is 10.8. The highest BCUT2D eigenvalue weighted by atomic mass is 79.9. The first-order valence-corrected chi connectivity index (χ1v) is 12.5. The summed E-state index contributed by atoms with van der Waals surface area (Å²) in [6, 6.07) is 16.6. The Kier molecular flexibility index (Phi) is 7.02. The van der Waals surface area contributed by atoms with Crippen molar-refractivity contribution >= 4 is 55.3 Å². The predicted molar refractivity (Wildman–Crippen MR) is 139 cm³/mol. The zero-order valence-electron chi connectivity index (χ0n) is 19.2. The zero-order chi connectivity index (χ0) is 23.7. The maximum Gasteiger partial charge on any atom is 0.340 e. The monoisotopic (exact) mass is 526 g/mol. The Bertz CT molecular complexity index is 1350. The van der Waals surface area contributed by atoms with Crippen molar-refractivity contribution in [3.8, 4) is 5.75 Å². The summed E-state index contributed by atoms with van der Waals surface area (Å²) in [6.07, 6.45) is 0. The van der Waals surface area contributed by atoms with Crippen LogP contribution in [-0.4, -0.2) is 41.2 Å². The van der Waals surface area contributed by atoms with Gasteiger partial charge in [-0.05, 0) is 65.9 Å². The minimum atomic E-state index is -0.362. The summed E-state index contributed by atoms with van der Waals surface area (Å²) in [6.45, 7) is 2.59. The molecule has 7 heteroatoms. The van der Waals surface area contributed by atoms with Crippen LogP contribution < -0.4 is 0 Å². The second-order valence-electron chi connectivity index (χ2n) is 8.22. The maximum atomic E-state index is 13.2. The van der Waals surface area contributed by atoms with E-state index in [-0.39, 0.29) is 18.3 Å². The molecular weight excluding hydrogens is 500 g/mol. The molecule has 0 aliphatic heterocycles. The molecule has 172 valence electrons. The molecule has 5 nitrogen and oxygen atoms in total. The molecule has 0 radical (unpaired) electrons. The summed E-state index contributed by atoms with van der Waals surface area (Å²) >= 11 is 5.17. The van der Waals surface area contributed by atoms with E-state index in [0.29, 0.717) is 27.9 Å². The molecule has 4 rings (SSSR count). The van der Waals surface area contributed by atoms with Crippen LogP contribution in [0, 0.1) is 0 Å². The van der Waals surface area contributed by atoms with E-state index in [1.807, 2.05) is 48.8 Å². The van der Waals surface area contributed by atoms with Gasteiger partial charge in [-0.2, -0.15) is 0 Å². The van der Waals surface area contributed by atoms with E-state index in [1.54, 1.807) is 18.7 Å². The van der Waals surface area contributed by atoms with Crippen LogP contribution in [0.4, 0.5) is 0 Å². The van der Waals surface area contributed by atoms with E-state index >= 15 is 0 Å². The van der Waals surface area contributed by atoms with Crippen LogP contribution in [0.3, 0.4) is 0 Å². The normalized spacial score (nSPS) is 11.6. The topological polar surface area (TPSA) is 54.7 Å². The number of fused-ring (bicyclic) bond motifs is 2. The average molecular weight is 527 g/mol. The number of hydrogen-bond acceptors (Lipinski definition) is 5. The molecule has 0 unspecified atom stereocenters. The van der Waals surface area contributed by atoms with Crippen molar-refractivity contribution in [3.05, 3.63) is 69.8 Å². The lowest BCUT2D eigenvalue weighted by atomic mass is 10.0. The third kappa shape index (κ3) is 4.63. The fourth-order valence-electron chi connectivity index (χ4n) is 4.15. The number of phenolic OH excluding ortho intramolecular Hbond substituents is 1. The number of aromatic nitrogens is 1. The number of nitrogens with zero attached hydrogens (tertiary/aromatic N) is 2. The number of carbonyl (C=O) groups is 1. The fraction of sp³-hybridized carbons (Fsp3) is 0.269. The molecule has 1 N–H and O–H groups in total. The molecule has 0 saturated heterocycles. The van der Waals surface area contributed by atoms with Gasteiger partial charge in [0.2, 0.25) is 0 Å². The molecule has 0 fully saturated rings. The number of halogens is 1. The number of thioether (sulfide) groups is 1. The van der Waals surface area contributed by atoms with Crippen molar-refractivity contribution in [1.29, 1.82) is 0 Å². The van der Waals surface area contributed by atoms with Gasteiger partial charge in [-0.3, -0.25) is 0 Å². The molecule has 0 bridgehead atoms. The Hall–Kier alpha value is -2.48. The van der Waals surface area contributed by atoms with Crippen molar-refractivity contribution in [2.24, 2.45) is 7.05 Å². The van der Waals surface area contributed by atoms with E-state index in [4.69, 9.17) is 4.74 Å². The molecule has 0 aliphatic carbocycles. The molecule has 0 aliphatic rings. The van der Waals surface area contributed by atoms with Crippen molar-refractivity contribution in [2.75, 3.05) is 20.7 Å². The molecule has 1 aromatic heterocycles. The number of benzene rings is 3. The Balaban J connectivity index is 1.84. The largest absolute Gasteiger partial charge is 0.506 e. The number of carbonyl (C=O) groups excluding carboxylic acids is 1. The number of ether oxygens (including phenoxy) is 1. The number of aromatic hydroxyl groups is 1. The van der Waals surface area contributed by atoms with E-state index in [1.165, 1.54) is 10.8 Å². The highest BCUT2D eigenvalue weighted by Crippen LogP contribution is 2.41. The number of hydrogen-bond donors (Lipinski definition) is 1. The van der Waals surface area contributed by atoms with E-state index in [9.17, 15) is 9.90 Å². The third-order valence-corrected chi connectivity index (χ3v) is 7.30. The number of esters is 1. The maximum absolute atomic E-state index is 13.2. The molecule has 33 heavy (non-hydrogen) atoms. The van der Waals surface area contributed by atoms with Crippen LogP contribution >= 0.6 is 27.7 Å². The molecule has 0 saturated carbocycles. The third-order valence-electron chi connectivity index (χ3n) is 5.69. The fourth-order valence-corrected chi connectivity index (χ4v) is 5.62. The first-order chi connectivity index (χ1) is 15.8. The summed E-state index contributed by atoms with van der Waals surface area (Å²) in [5.74, 6) is 0.386. The number of phenols is 1. The van der Waals surface area contributed by atoms with E-state index in [0.717, 1.165) is 21.5 Å². The van der Waals surface area contributed by atoms with Crippen molar-refractivity contribution in [2.45, 2.75) is 24.1 Å². The second-order valence-corrected chi connectivity index (χ2v) is 10.1. The second kappa shape index (κ2) is 9.79. The van der Waals surface area contributed by atoms with Gasteiger partial charge in [-0.15, -0.1) is 11.8 Å². The molecule has 0 spiro atoms. The molecular formula is C26H27BrN2O3S. The van der Waals surface area contributed by atoms with Crippen LogP contribution in [0.2, 0.25) is 0 Å². The number of aryl methyl sites for hydroxylation is 1. The van der Waals surface area contributed by atoms with Gasteiger partial charge in [0.25, 0.3) is 0 Å². The van der Waals surface area contributed by atoms with Gasteiger partial charge in [-0.25, -0.2) is 4.79 Å². The predicted octanol–water partition coefficient (Wildman–Crippen LogP) is 6.33. The molecule has 0 amide bonds. The van der Waals surface area contributed by atoms with Crippen molar-refractivity contribution < 1.29 is 14.6 Å². The summed E-state index contributed by atoms with van der Waals surface area (Å²) in [4.78, 5) is 16.3. The number of rotatable bonds is 7. The Morgan fingerprint density at radius 3 is 2.58 bits per heavy atom. The van der Waals surface area contributed by atoms with Gasteiger partial charge in [0, 0.05) is 40.9 Å². The van der Waals surface area contributed by atoms with Gasteiger partial charge < -0.3 is 19.3 Å². The average Bonchev–Trinajstić information content (AvgIpc) is 3.06. The van der Waals surface area contributed by atoms with Crippen molar-refractivity contribution in [3.63, 3.8) is 0 Å². The summed E-state index contributed by atoms with van der Waals surface area (Å²) in [7, 11) is 5.84. The Morgan fingerprint density at radius 1 is 1.15 bits per heavy atom. The molecule has 4 aromatic rings. The van der Waals surface area contributed by atoms with Crippen LogP contribution in [0.15, 0.2) is 57.9 Å². The molecule has 1 heterocycles. The van der Waals surface area contributed by atoms with Crippen LogP contribution in [-0.2, 0) is 24.1 Å². The van der Waals surface area contributed by atoms with Crippen LogP contribution in [0.1, 0.15) is 28.5 Å². The quantitative estimate of drug-likeness (QED) is 0.225. The minimum absolute atomic E-state index is 0.154. The molecule has 3 aromatic carbocycles. The van der Waals surface area contributed by atoms with Gasteiger partial charge in [0.05, 0.1) is 22.2 Å². The van der Waals surface area contributed by atoms with Crippen LogP contribution in [0.5, 0.6) is 5.75 Å². The minimum Gasteiger partial charge on any atom is -0.506 e. The lowest BCUT2D eigenvalue weighted by Crippen LogP contribution is -2.13. The smallest absolute Gasteiger partial charge is 0.340 e. The van der Waals surface area contributed by atoms with E-state index in [2.05, 4.69) is 46.3 Å². The van der Waals surface area contributed by atoms with Gasteiger partial charge >= 0.3 is 5.97 Å². The van der Waals surface area contributed by atoms with Gasteiger partial charge in [0.1, 0.15) is 5.75 Å². The lowest BCUT2D eigenvalue weighted by Gasteiger charge is -2.15. The highest BCUT2D eigenvalue weighted by Gasteiger charge is 2.27. The lowest BCUT2D eigenvalue weighted by molar-refractivity contribution is 0.0527. The standard InChI is InChI=1S/C26H27BrN2O3S/c1-5-32-26(31)24-22(15-33-18-11-10-16-8-6-7-9-17(16)12-18)29(4)21-13-20(27)25(30)19(23(21)24)14-28(2)3/h6-13,30H,5,14-15H2,1-4H3. The van der Waals surface area contributed by atoms with E-state index < -0.39 is 0 Å². The highest BCUT2D eigenvalue weighted by molar-refractivity contribution is 9.10. The van der Waals surface area contributed by atoms with Gasteiger partial charge in [-0.1, -0.05) is 30.3 Å². The Labute approximate surface area is 206 Å². The molecule has 0 atom stereocenters. The van der Waals surface area contributed by atoms with Crippen LogP contribution in [0.25, 0.3) is 21.7 Å². The zero-order valence-corrected chi connectivity index (χ0v) is 21.6. The summed E-state index contributed by atoms with van der Waals surface area (Å²) < 4.78 is 8.11. The summed E-state index contributed by atoms with van der Waals surface area (Å²) in [5.41, 5.74) is 3.00. The first kappa shape index (κ1) is 23.7.